The monoisotopic (exact) mass is 386 g/mol. The summed E-state index contributed by atoms with van der Waals surface area (Å²) in [5, 5.41) is 25.5. The van der Waals surface area contributed by atoms with Gasteiger partial charge in [0.05, 0.1) is 34.9 Å². The Balaban J connectivity index is 1.79. The lowest BCUT2D eigenvalue weighted by Gasteiger charge is -2.14. The van der Waals surface area contributed by atoms with E-state index in [9.17, 15) is 0 Å². The molecule has 4 aromatic rings. The van der Waals surface area contributed by atoms with Gasteiger partial charge in [-0.25, -0.2) is 4.52 Å². The molecule has 29 heavy (non-hydrogen) atoms. The summed E-state index contributed by atoms with van der Waals surface area (Å²) in [7, 11) is 0. The third-order valence-corrected chi connectivity index (χ3v) is 4.51. The van der Waals surface area contributed by atoms with E-state index in [1.54, 1.807) is 10.7 Å². The zero-order chi connectivity index (χ0) is 20.4. The van der Waals surface area contributed by atoms with Crippen LogP contribution in [-0.2, 0) is 6.54 Å². The second-order valence-corrected chi connectivity index (χ2v) is 7.19. The number of aromatic nitrogens is 6. The molecule has 4 heterocycles. The van der Waals surface area contributed by atoms with Crippen LogP contribution in [0.4, 0.5) is 5.69 Å². The summed E-state index contributed by atoms with van der Waals surface area (Å²) in [6, 6.07) is 10.1. The topological polar surface area (TPSA) is 96.7 Å². The van der Waals surface area contributed by atoms with Crippen LogP contribution in [0.15, 0.2) is 42.9 Å². The molecule has 0 aliphatic carbocycles. The van der Waals surface area contributed by atoms with E-state index in [2.05, 4.69) is 52.6 Å². The number of nitriles is 1. The van der Waals surface area contributed by atoms with Gasteiger partial charge in [-0.15, -0.1) is 5.10 Å². The first-order chi connectivity index (χ1) is 14.1. The Kier molecular flexibility index (Phi) is 4.96. The highest BCUT2D eigenvalue weighted by atomic mass is 15.4. The van der Waals surface area contributed by atoms with Crippen LogP contribution in [0.5, 0.6) is 0 Å². The molecule has 4 aromatic heterocycles. The molecule has 0 fully saturated rings. The standard InChI is InChI=1S/C21H22N8/c1-4-7-28-13-20(26-27-28)17-12-23-19(9-18(17)25-14(2)3)21-6-5-16-8-15(10-22)11-24-29(16)21/h5-6,8-9,11-14H,4,7H2,1-3H3,(H,23,25). The highest BCUT2D eigenvalue weighted by Crippen LogP contribution is 2.31. The number of anilines is 1. The quantitative estimate of drug-likeness (QED) is 0.542. The third kappa shape index (κ3) is 3.67. The first kappa shape index (κ1) is 18.6. The van der Waals surface area contributed by atoms with Crippen molar-refractivity contribution in [2.24, 2.45) is 0 Å². The molecule has 0 spiro atoms. The molecule has 0 aromatic carbocycles. The van der Waals surface area contributed by atoms with Gasteiger partial charge >= 0.3 is 0 Å². The van der Waals surface area contributed by atoms with Crippen LogP contribution >= 0.6 is 0 Å². The molecule has 0 unspecified atom stereocenters. The summed E-state index contributed by atoms with van der Waals surface area (Å²) < 4.78 is 3.64. The number of hydrogen-bond donors (Lipinski definition) is 1. The molecule has 4 rings (SSSR count). The van der Waals surface area contributed by atoms with Gasteiger partial charge in [0.2, 0.25) is 0 Å². The zero-order valence-corrected chi connectivity index (χ0v) is 16.7. The van der Waals surface area contributed by atoms with Gasteiger partial charge in [0.25, 0.3) is 0 Å². The molecule has 0 radical (unpaired) electrons. The van der Waals surface area contributed by atoms with Gasteiger partial charge in [0.15, 0.2) is 0 Å². The summed E-state index contributed by atoms with van der Waals surface area (Å²) in [6.45, 7) is 7.13. The van der Waals surface area contributed by atoms with Crippen molar-refractivity contribution in [1.29, 1.82) is 5.26 Å². The van der Waals surface area contributed by atoms with Crippen LogP contribution in [0.2, 0.25) is 0 Å². The van der Waals surface area contributed by atoms with Crippen molar-refractivity contribution in [1.82, 2.24) is 29.6 Å². The Labute approximate surface area is 168 Å². The van der Waals surface area contributed by atoms with Crippen LogP contribution in [0.3, 0.4) is 0 Å². The van der Waals surface area contributed by atoms with Gasteiger partial charge in [0.1, 0.15) is 11.8 Å². The molecule has 0 aliphatic rings. The first-order valence-corrected chi connectivity index (χ1v) is 9.64. The van der Waals surface area contributed by atoms with Gasteiger partial charge in [-0.3, -0.25) is 9.67 Å². The number of aryl methyl sites for hydroxylation is 1. The van der Waals surface area contributed by atoms with E-state index < -0.39 is 0 Å². The number of fused-ring (bicyclic) bond motifs is 1. The maximum Gasteiger partial charge on any atom is 0.116 e. The highest BCUT2D eigenvalue weighted by Gasteiger charge is 2.15. The fourth-order valence-corrected chi connectivity index (χ4v) is 3.24. The fraction of sp³-hybridized carbons (Fsp3) is 0.286. The number of rotatable bonds is 6. The molecule has 8 nitrogen and oxygen atoms in total. The second-order valence-electron chi connectivity index (χ2n) is 7.19. The fourth-order valence-electron chi connectivity index (χ4n) is 3.24. The van der Waals surface area contributed by atoms with E-state index in [0.717, 1.165) is 46.8 Å². The Morgan fingerprint density at radius 3 is 2.79 bits per heavy atom. The van der Waals surface area contributed by atoms with Crippen molar-refractivity contribution < 1.29 is 0 Å². The average Bonchev–Trinajstić information content (AvgIpc) is 3.34. The minimum atomic E-state index is 0.245. The van der Waals surface area contributed by atoms with Crippen molar-refractivity contribution in [3.8, 4) is 28.7 Å². The lowest BCUT2D eigenvalue weighted by Crippen LogP contribution is -2.11. The van der Waals surface area contributed by atoms with E-state index in [1.165, 1.54) is 0 Å². The van der Waals surface area contributed by atoms with Gasteiger partial charge in [-0.2, -0.15) is 10.4 Å². The molecular formula is C21H22N8. The van der Waals surface area contributed by atoms with E-state index >= 15 is 0 Å². The number of hydrogen-bond acceptors (Lipinski definition) is 6. The number of pyridine rings is 1. The third-order valence-electron chi connectivity index (χ3n) is 4.51. The summed E-state index contributed by atoms with van der Waals surface area (Å²) in [5.41, 5.74) is 5.67. The molecule has 0 bridgehead atoms. The van der Waals surface area contributed by atoms with E-state index in [1.807, 2.05) is 41.3 Å². The first-order valence-electron chi connectivity index (χ1n) is 9.64. The lowest BCUT2D eigenvalue weighted by atomic mass is 10.1. The minimum Gasteiger partial charge on any atom is -0.382 e. The van der Waals surface area contributed by atoms with Crippen molar-refractivity contribution in [2.75, 3.05) is 5.32 Å². The predicted octanol–water partition coefficient (Wildman–Crippen LogP) is 3.76. The van der Waals surface area contributed by atoms with Crippen LogP contribution in [0.1, 0.15) is 32.8 Å². The van der Waals surface area contributed by atoms with E-state index in [-0.39, 0.29) is 6.04 Å². The maximum absolute atomic E-state index is 9.08. The molecule has 146 valence electrons. The summed E-state index contributed by atoms with van der Waals surface area (Å²) in [4.78, 5) is 4.67. The van der Waals surface area contributed by atoms with E-state index in [4.69, 9.17) is 5.26 Å². The van der Waals surface area contributed by atoms with Crippen molar-refractivity contribution in [2.45, 2.75) is 39.8 Å². The largest absolute Gasteiger partial charge is 0.382 e. The van der Waals surface area contributed by atoms with Gasteiger partial charge < -0.3 is 5.32 Å². The SMILES string of the molecule is CCCn1cc(-c2cnc(-c3ccc4cc(C#N)cnn34)cc2NC(C)C)nn1. The highest BCUT2D eigenvalue weighted by molar-refractivity contribution is 5.78. The Bertz CT molecular complexity index is 1200. The Hall–Kier alpha value is -3.73. The molecule has 0 atom stereocenters. The minimum absolute atomic E-state index is 0.245. The van der Waals surface area contributed by atoms with Crippen LogP contribution in [0.25, 0.3) is 28.2 Å². The molecule has 0 saturated carbocycles. The summed E-state index contributed by atoms with van der Waals surface area (Å²) >= 11 is 0. The normalized spacial score (nSPS) is 11.1. The van der Waals surface area contributed by atoms with Crippen molar-refractivity contribution in [3.05, 3.63) is 48.4 Å². The Morgan fingerprint density at radius 1 is 1.17 bits per heavy atom. The van der Waals surface area contributed by atoms with Crippen molar-refractivity contribution >= 4 is 11.2 Å². The lowest BCUT2D eigenvalue weighted by molar-refractivity contribution is 0.579. The van der Waals surface area contributed by atoms with Gasteiger partial charge in [0, 0.05) is 30.0 Å². The van der Waals surface area contributed by atoms with E-state index in [0.29, 0.717) is 5.56 Å². The van der Waals surface area contributed by atoms with Crippen molar-refractivity contribution in [3.63, 3.8) is 0 Å². The molecular weight excluding hydrogens is 364 g/mol. The second kappa shape index (κ2) is 7.72. The molecule has 8 heteroatoms. The van der Waals surface area contributed by atoms with Gasteiger partial charge in [-0.05, 0) is 44.5 Å². The Morgan fingerprint density at radius 2 is 2.03 bits per heavy atom. The average molecular weight is 386 g/mol. The molecule has 0 amide bonds. The van der Waals surface area contributed by atoms with Crippen LogP contribution in [0, 0.1) is 11.3 Å². The van der Waals surface area contributed by atoms with Crippen LogP contribution < -0.4 is 5.32 Å². The predicted molar refractivity (Wildman–Crippen MR) is 111 cm³/mol. The maximum atomic E-state index is 9.08. The number of nitrogens with one attached hydrogen (secondary N) is 1. The smallest absolute Gasteiger partial charge is 0.116 e. The van der Waals surface area contributed by atoms with Gasteiger partial charge in [-0.1, -0.05) is 12.1 Å². The zero-order valence-electron chi connectivity index (χ0n) is 16.7. The summed E-state index contributed by atoms with van der Waals surface area (Å²) in [5.74, 6) is 0. The number of nitrogens with zero attached hydrogens (tertiary/aromatic N) is 7. The van der Waals surface area contributed by atoms with Crippen LogP contribution in [-0.4, -0.2) is 35.6 Å². The summed E-state index contributed by atoms with van der Waals surface area (Å²) in [6.07, 6.45) is 6.33. The molecule has 1 N–H and O–H groups in total. The molecule has 0 saturated heterocycles. The molecule has 0 aliphatic heterocycles.